The fraction of sp³-hybridized carbons (Fsp3) is 0.103. The minimum atomic E-state index is -0.933. The van der Waals surface area contributed by atoms with Gasteiger partial charge in [-0.05, 0) is 48.9 Å². The van der Waals surface area contributed by atoms with Crippen molar-refractivity contribution in [2.75, 3.05) is 12.8 Å². The van der Waals surface area contributed by atoms with Crippen LogP contribution in [0.25, 0.3) is 44.4 Å². The molecule has 3 heterocycles. The predicted octanol–water partition coefficient (Wildman–Crippen LogP) is 5.88. The maximum Gasteiger partial charge on any atom is 0.200 e. The molecule has 1 unspecified atom stereocenters. The number of ether oxygens (including phenoxy) is 1. The highest BCUT2D eigenvalue weighted by Crippen LogP contribution is 2.37. The highest BCUT2D eigenvalue weighted by molar-refractivity contribution is 5.98. The van der Waals surface area contributed by atoms with Crippen LogP contribution in [-0.2, 0) is 0 Å². The second-order valence-corrected chi connectivity index (χ2v) is 9.08. The Hall–Kier alpha value is -5.19. The summed E-state index contributed by atoms with van der Waals surface area (Å²) in [4.78, 5) is 22.1. The summed E-state index contributed by atoms with van der Waals surface area (Å²) in [6.07, 6.45) is 1.23. The van der Waals surface area contributed by atoms with Crippen molar-refractivity contribution < 1.29 is 22.3 Å². The van der Waals surface area contributed by atoms with Crippen LogP contribution in [0.3, 0.4) is 0 Å². The summed E-state index contributed by atoms with van der Waals surface area (Å²) >= 11 is 0. The molecule has 1 atom stereocenters. The van der Waals surface area contributed by atoms with Crippen molar-refractivity contribution in [1.29, 1.82) is 0 Å². The summed E-state index contributed by atoms with van der Waals surface area (Å²) in [7, 11) is 1.16. The van der Waals surface area contributed by atoms with Crippen LogP contribution in [0.5, 0.6) is 5.75 Å². The van der Waals surface area contributed by atoms with Crippen molar-refractivity contribution in [1.82, 2.24) is 19.7 Å². The summed E-state index contributed by atoms with van der Waals surface area (Å²) < 4.78 is 56.0. The third kappa shape index (κ3) is 3.94. The summed E-state index contributed by atoms with van der Waals surface area (Å²) in [5, 5.41) is 5.18. The van der Waals surface area contributed by atoms with Crippen LogP contribution in [0.15, 0.2) is 76.2 Å². The smallest absolute Gasteiger partial charge is 0.200 e. The van der Waals surface area contributed by atoms with Crippen LogP contribution in [0.2, 0.25) is 0 Å². The Balaban J connectivity index is 1.63. The number of hydrogen-bond acceptors (Lipinski definition) is 7. The number of nitrogens with two attached hydrogens (primary N) is 1. The predicted molar refractivity (Wildman–Crippen MR) is 143 cm³/mol. The second-order valence-electron chi connectivity index (χ2n) is 9.08. The molecule has 6 aromatic rings. The summed E-state index contributed by atoms with van der Waals surface area (Å²) in [5.74, 6) is -2.73. The molecular formula is C29H20F3N5O3. The zero-order chi connectivity index (χ0) is 28.1. The fourth-order valence-corrected chi connectivity index (χ4v) is 4.84. The van der Waals surface area contributed by atoms with Crippen molar-refractivity contribution in [3.8, 4) is 28.1 Å². The highest BCUT2D eigenvalue weighted by atomic mass is 19.1. The Morgan fingerprint density at radius 1 is 0.975 bits per heavy atom. The van der Waals surface area contributed by atoms with E-state index in [1.807, 2.05) is 0 Å². The van der Waals surface area contributed by atoms with Crippen molar-refractivity contribution >= 4 is 27.8 Å². The average molecular weight is 544 g/mol. The molecule has 0 spiro atoms. The average Bonchev–Trinajstić information content (AvgIpc) is 3.33. The van der Waals surface area contributed by atoms with Crippen LogP contribution in [0.1, 0.15) is 18.7 Å². The van der Waals surface area contributed by atoms with E-state index in [1.165, 1.54) is 29.2 Å². The van der Waals surface area contributed by atoms with E-state index >= 15 is 0 Å². The van der Waals surface area contributed by atoms with Gasteiger partial charge >= 0.3 is 0 Å². The van der Waals surface area contributed by atoms with Gasteiger partial charge in [-0.1, -0.05) is 24.3 Å². The molecule has 0 radical (unpaired) electrons. The Kier molecular flexibility index (Phi) is 5.98. The van der Waals surface area contributed by atoms with Crippen LogP contribution in [0, 0.1) is 17.5 Å². The van der Waals surface area contributed by atoms with Gasteiger partial charge in [-0.2, -0.15) is 5.10 Å². The summed E-state index contributed by atoms with van der Waals surface area (Å²) in [6, 6.07) is 13.7. The number of aromatic nitrogens is 4. The van der Waals surface area contributed by atoms with E-state index in [4.69, 9.17) is 14.9 Å². The van der Waals surface area contributed by atoms with E-state index in [9.17, 15) is 18.0 Å². The lowest BCUT2D eigenvalue weighted by Crippen LogP contribution is -2.16. The van der Waals surface area contributed by atoms with E-state index in [2.05, 4.69) is 15.1 Å². The number of nitrogens with zero attached hydrogens (tertiary/aromatic N) is 4. The molecular weight excluding hydrogens is 523 g/mol. The summed E-state index contributed by atoms with van der Waals surface area (Å²) in [6.45, 7) is 1.71. The third-order valence-electron chi connectivity index (χ3n) is 6.68. The number of para-hydroxylation sites is 1. The van der Waals surface area contributed by atoms with Gasteiger partial charge in [0.05, 0.1) is 23.4 Å². The molecule has 200 valence electrons. The molecule has 40 heavy (non-hydrogen) atoms. The molecule has 0 aliphatic heterocycles. The van der Waals surface area contributed by atoms with E-state index in [-0.39, 0.29) is 44.9 Å². The van der Waals surface area contributed by atoms with Gasteiger partial charge in [-0.3, -0.25) is 4.79 Å². The number of rotatable bonds is 5. The molecule has 8 nitrogen and oxygen atoms in total. The Bertz CT molecular complexity index is 1980. The van der Waals surface area contributed by atoms with Crippen molar-refractivity contribution in [2.45, 2.75) is 13.0 Å². The lowest BCUT2D eigenvalue weighted by atomic mass is 9.99. The number of anilines is 1. The highest BCUT2D eigenvalue weighted by Gasteiger charge is 2.27. The van der Waals surface area contributed by atoms with Crippen LogP contribution < -0.4 is 15.9 Å². The van der Waals surface area contributed by atoms with Gasteiger partial charge in [0.15, 0.2) is 23.0 Å². The molecule has 11 heteroatoms. The first-order chi connectivity index (χ1) is 19.3. The molecule has 3 aromatic carbocycles. The van der Waals surface area contributed by atoms with Crippen molar-refractivity contribution in [3.05, 3.63) is 100 Å². The van der Waals surface area contributed by atoms with E-state index < -0.39 is 29.2 Å². The quantitative estimate of drug-likeness (QED) is 0.289. The zero-order valence-corrected chi connectivity index (χ0v) is 21.2. The lowest BCUT2D eigenvalue weighted by Gasteiger charge is -2.17. The van der Waals surface area contributed by atoms with Gasteiger partial charge in [-0.25, -0.2) is 27.8 Å². The Morgan fingerprint density at radius 3 is 2.45 bits per heavy atom. The van der Waals surface area contributed by atoms with Crippen molar-refractivity contribution in [2.24, 2.45) is 0 Å². The minimum Gasteiger partial charge on any atom is -0.491 e. The maximum atomic E-state index is 14.7. The van der Waals surface area contributed by atoms with Crippen molar-refractivity contribution in [3.63, 3.8) is 0 Å². The molecule has 0 bridgehead atoms. The van der Waals surface area contributed by atoms with Crippen LogP contribution in [0.4, 0.5) is 19.0 Å². The van der Waals surface area contributed by atoms with Gasteiger partial charge in [0.2, 0.25) is 5.43 Å². The monoisotopic (exact) mass is 543 g/mol. The van der Waals surface area contributed by atoms with Gasteiger partial charge in [-0.15, -0.1) is 0 Å². The van der Waals surface area contributed by atoms with Gasteiger partial charge < -0.3 is 14.9 Å². The number of halogens is 3. The van der Waals surface area contributed by atoms with Crippen LogP contribution in [-0.4, -0.2) is 26.9 Å². The number of nitrogen functional groups attached to an aromatic ring is 1. The molecule has 0 saturated carbocycles. The molecule has 0 saturated heterocycles. The topological polar surface area (TPSA) is 109 Å². The number of benzene rings is 3. The number of methoxy groups -OCH3 is 1. The second kappa shape index (κ2) is 9.53. The van der Waals surface area contributed by atoms with E-state index in [0.717, 1.165) is 19.2 Å². The fourth-order valence-electron chi connectivity index (χ4n) is 4.84. The standard InChI is InChI=1S/C29H20F3N5O3/c1-14(26-22(15-6-5-7-17(30)10-15)25(38)18-8-3-4-9-21(18)40-26)37-29-23(28(33)34-13-35-29)24(36-37)16-11-19(31)27(39-2)20(32)12-16/h3-14H,1-2H3,(H2,33,34,35). The minimum absolute atomic E-state index is 0.0282. The Morgan fingerprint density at radius 2 is 1.73 bits per heavy atom. The molecule has 6 rings (SSSR count). The molecule has 0 fully saturated rings. The molecule has 2 N–H and O–H groups in total. The number of fused-ring (bicyclic) bond motifs is 2. The van der Waals surface area contributed by atoms with Gasteiger partial charge in [0.25, 0.3) is 0 Å². The van der Waals surface area contributed by atoms with Crippen LogP contribution >= 0.6 is 0 Å². The summed E-state index contributed by atoms with van der Waals surface area (Å²) in [5.41, 5.74) is 7.00. The first kappa shape index (κ1) is 25.1. The maximum absolute atomic E-state index is 14.7. The normalized spacial score (nSPS) is 12.2. The first-order valence-corrected chi connectivity index (χ1v) is 12.1. The molecule has 0 amide bonds. The van der Waals surface area contributed by atoms with Gasteiger partial charge in [0, 0.05) is 5.56 Å². The largest absolute Gasteiger partial charge is 0.491 e. The lowest BCUT2D eigenvalue weighted by molar-refractivity contribution is 0.360. The zero-order valence-electron chi connectivity index (χ0n) is 21.2. The van der Waals surface area contributed by atoms with E-state index in [1.54, 1.807) is 37.3 Å². The third-order valence-corrected chi connectivity index (χ3v) is 6.68. The first-order valence-electron chi connectivity index (χ1n) is 12.1. The number of hydrogen-bond donors (Lipinski definition) is 1. The van der Waals surface area contributed by atoms with Gasteiger partial charge in [0.1, 0.15) is 41.0 Å². The molecule has 0 aliphatic carbocycles. The SMILES string of the molecule is COc1c(F)cc(-c2nn(C(C)c3oc4ccccc4c(=O)c3-c3cccc(F)c3)c3ncnc(N)c23)cc1F. The van der Waals surface area contributed by atoms with E-state index in [0.29, 0.717) is 16.5 Å². The molecule has 0 aliphatic rings. The molecule has 3 aromatic heterocycles. The Labute approximate surface area is 224 Å².